The van der Waals surface area contributed by atoms with E-state index in [2.05, 4.69) is 61.6 Å². The molecule has 2 heteroatoms. The second-order valence-electron chi connectivity index (χ2n) is 6.01. The zero-order valence-corrected chi connectivity index (χ0v) is 12.4. The summed E-state index contributed by atoms with van der Waals surface area (Å²) in [5.74, 6) is 0. The van der Waals surface area contributed by atoms with Gasteiger partial charge in [0.2, 0.25) is 0 Å². The normalized spacial score (nSPS) is 26.6. The molecular formula is C18H23NO. The van der Waals surface area contributed by atoms with Gasteiger partial charge in [-0.3, -0.25) is 0 Å². The molecule has 1 N–H and O–H groups in total. The molecule has 1 fully saturated rings. The molecule has 0 bridgehead atoms. The number of ether oxygens (including phenoxy) is 1. The van der Waals surface area contributed by atoms with Crippen molar-refractivity contribution in [1.29, 1.82) is 0 Å². The molecule has 106 valence electrons. The monoisotopic (exact) mass is 269 g/mol. The number of hydrogen-bond donors (Lipinski definition) is 1. The Bertz CT molecular complexity index is 589. The van der Waals surface area contributed by atoms with Crippen molar-refractivity contribution in [3.63, 3.8) is 0 Å². The summed E-state index contributed by atoms with van der Waals surface area (Å²) in [7, 11) is 0. The fourth-order valence-electron chi connectivity index (χ4n) is 3.07. The lowest BCUT2D eigenvalue weighted by Crippen LogP contribution is -2.41. The van der Waals surface area contributed by atoms with Gasteiger partial charge in [0, 0.05) is 23.7 Å². The predicted octanol–water partition coefficient (Wildman–Crippen LogP) is 4.60. The summed E-state index contributed by atoms with van der Waals surface area (Å²) in [6, 6.07) is 15.5. The highest BCUT2D eigenvalue weighted by Gasteiger charge is 2.31. The molecule has 1 saturated heterocycles. The van der Waals surface area contributed by atoms with Gasteiger partial charge in [-0.1, -0.05) is 43.3 Å². The minimum absolute atomic E-state index is 0.0283. The number of fused-ring (bicyclic) bond motifs is 1. The van der Waals surface area contributed by atoms with Gasteiger partial charge in [0.1, 0.15) is 0 Å². The summed E-state index contributed by atoms with van der Waals surface area (Å²) in [5, 5.41) is 6.33. The van der Waals surface area contributed by atoms with Crippen molar-refractivity contribution in [2.24, 2.45) is 0 Å². The lowest BCUT2D eigenvalue weighted by molar-refractivity contribution is -0.0708. The first-order valence-corrected chi connectivity index (χ1v) is 7.58. The number of rotatable bonds is 3. The zero-order chi connectivity index (χ0) is 14.0. The maximum absolute atomic E-state index is 5.93. The topological polar surface area (TPSA) is 21.3 Å². The Labute approximate surface area is 121 Å². The van der Waals surface area contributed by atoms with Crippen LogP contribution < -0.4 is 5.32 Å². The van der Waals surface area contributed by atoms with Gasteiger partial charge in [0.05, 0.1) is 5.60 Å². The predicted molar refractivity (Wildman–Crippen MR) is 85.2 cm³/mol. The molecule has 0 saturated carbocycles. The third kappa shape index (κ3) is 2.66. The van der Waals surface area contributed by atoms with Crippen molar-refractivity contribution >= 4 is 16.5 Å². The van der Waals surface area contributed by atoms with Crippen LogP contribution in [-0.4, -0.2) is 18.2 Å². The minimum atomic E-state index is 0.0283. The minimum Gasteiger partial charge on any atom is -0.382 e. The molecule has 2 aromatic rings. The van der Waals surface area contributed by atoms with Crippen LogP contribution in [0.15, 0.2) is 42.5 Å². The van der Waals surface area contributed by atoms with Crippen molar-refractivity contribution in [3.8, 4) is 0 Å². The van der Waals surface area contributed by atoms with Crippen molar-refractivity contribution in [3.05, 3.63) is 42.5 Å². The number of nitrogens with one attached hydrogen (secondary N) is 1. The van der Waals surface area contributed by atoms with E-state index in [1.54, 1.807) is 0 Å². The number of hydrogen-bond acceptors (Lipinski definition) is 2. The van der Waals surface area contributed by atoms with E-state index in [0.717, 1.165) is 25.9 Å². The van der Waals surface area contributed by atoms with E-state index in [-0.39, 0.29) is 5.60 Å². The molecule has 2 aromatic carbocycles. The molecule has 3 rings (SSSR count). The fourth-order valence-corrected chi connectivity index (χ4v) is 3.07. The standard InChI is InChI=1S/C18H23NO/c1-3-18(2)13-15(11-12-20-18)19-17-10-6-8-14-7-4-5-9-16(14)17/h4-10,15,19H,3,11-13H2,1-2H3. The summed E-state index contributed by atoms with van der Waals surface area (Å²) in [5.41, 5.74) is 1.27. The largest absolute Gasteiger partial charge is 0.382 e. The van der Waals surface area contributed by atoms with Crippen molar-refractivity contribution in [2.45, 2.75) is 44.8 Å². The molecule has 0 amide bonds. The van der Waals surface area contributed by atoms with E-state index < -0.39 is 0 Å². The van der Waals surface area contributed by atoms with E-state index in [1.807, 2.05) is 0 Å². The Hall–Kier alpha value is -1.54. The van der Waals surface area contributed by atoms with Crippen LogP contribution in [0.4, 0.5) is 5.69 Å². The number of anilines is 1. The summed E-state index contributed by atoms with van der Waals surface area (Å²) in [6.07, 6.45) is 3.23. The molecule has 0 spiro atoms. The van der Waals surface area contributed by atoms with Gasteiger partial charge in [-0.25, -0.2) is 0 Å². The third-order valence-corrected chi connectivity index (χ3v) is 4.49. The molecule has 1 heterocycles. The van der Waals surface area contributed by atoms with Crippen LogP contribution in [0.5, 0.6) is 0 Å². The molecule has 0 aromatic heterocycles. The van der Waals surface area contributed by atoms with E-state index in [0.29, 0.717) is 6.04 Å². The van der Waals surface area contributed by atoms with E-state index >= 15 is 0 Å². The van der Waals surface area contributed by atoms with Crippen molar-refractivity contribution < 1.29 is 4.74 Å². The zero-order valence-electron chi connectivity index (χ0n) is 12.4. The first-order chi connectivity index (χ1) is 9.70. The van der Waals surface area contributed by atoms with Crippen LogP contribution >= 0.6 is 0 Å². The lowest BCUT2D eigenvalue weighted by Gasteiger charge is -2.38. The molecule has 2 nitrogen and oxygen atoms in total. The molecule has 1 aliphatic heterocycles. The summed E-state index contributed by atoms with van der Waals surface area (Å²) in [4.78, 5) is 0. The van der Waals surface area contributed by atoms with Gasteiger partial charge in [0.15, 0.2) is 0 Å². The first kappa shape index (κ1) is 13.4. The van der Waals surface area contributed by atoms with Crippen LogP contribution in [0.25, 0.3) is 10.8 Å². The Kier molecular flexibility index (Phi) is 3.66. The molecular weight excluding hydrogens is 246 g/mol. The molecule has 2 unspecified atom stereocenters. The quantitative estimate of drug-likeness (QED) is 0.879. The van der Waals surface area contributed by atoms with Gasteiger partial charge < -0.3 is 10.1 Å². The highest BCUT2D eigenvalue weighted by molar-refractivity contribution is 5.93. The van der Waals surface area contributed by atoms with Crippen LogP contribution in [0.1, 0.15) is 33.1 Å². The smallest absolute Gasteiger partial charge is 0.0671 e. The second-order valence-corrected chi connectivity index (χ2v) is 6.01. The molecule has 0 aliphatic carbocycles. The average Bonchev–Trinajstić information content (AvgIpc) is 2.48. The lowest BCUT2D eigenvalue weighted by atomic mass is 9.89. The molecule has 0 radical (unpaired) electrons. The van der Waals surface area contributed by atoms with Crippen LogP contribution in [-0.2, 0) is 4.74 Å². The molecule has 20 heavy (non-hydrogen) atoms. The van der Waals surface area contributed by atoms with E-state index in [9.17, 15) is 0 Å². The van der Waals surface area contributed by atoms with Gasteiger partial charge in [-0.05, 0) is 37.6 Å². The summed E-state index contributed by atoms with van der Waals surface area (Å²) in [6.45, 7) is 5.29. The Morgan fingerprint density at radius 3 is 2.85 bits per heavy atom. The van der Waals surface area contributed by atoms with Crippen LogP contribution in [0.2, 0.25) is 0 Å². The van der Waals surface area contributed by atoms with Gasteiger partial charge >= 0.3 is 0 Å². The molecule has 2 atom stereocenters. The number of benzene rings is 2. The van der Waals surface area contributed by atoms with Crippen LogP contribution in [0, 0.1) is 0 Å². The maximum atomic E-state index is 5.93. The van der Waals surface area contributed by atoms with E-state index in [4.69, 9.17) is 4.74 Å². The van der Waals surface area contributed by atoms with Gasteiger partial charge in [-0.15, -0.1) is 0 Å². The highest BCUT2D eigenvalue weighted by atomic mass is 16.5. The Morgan fingerprint density at radius 1 is 1.20 bits per heavy atom. The maximum Gasteiger partial charge on any atom is 0.0671 e. The van der Waals surface area contributed by atoms with Gasteiger partial charge in [-0.2, -0.15) is 0 Å². The van der Waals surface area contributed by atoms with E-state index in [1.165, 1.54) is 16.5 Å². The van der Waals surface area contributed by atoms with Crippen molar-refractivity contribution in [1.82, 2.24) is 0 Å². The SMILES string of the molecule is CCC1(C)CC(Nc2cccc3ccccc23)CCO1. The average molecular weight is 269 g/mol. The highest BCUT2D eigenvalue weighted by Crippen LogP contribution is 2.31. The molecule has 1 aliphatic rings. The van der Waals surface area contributed by atoms with Gasteiger partial charge in [0.25, 0.3) is 0 Å². The van der Waals surface area contributed by atoms with Crippen molar-refractivity contribution in [2.75, 3.05) is 11.9 Å². The van der Waals surface area contributed by atoms with Crippen LogP contribution in [0.3, 0.4) is 0 Å². The fraction of sp³-hybridized carbons (Fsp3) is 0.444. The summed E-state index contributed by atoms with van der Waals surface area (Å²) >= 11 is 0. The summed E-state index contributed by atoms with van der Waals surface area (Å²) < 4.78 is 5.93. The first-order valence-electron chi connectivity index (χ1n) is 7.58. The Morgan fingerprint density at radius 2 is 2.00 bits per heavy atom. The second kappa shape index (κ2) is 5.45. The Balaban J connectivity index is 1.83. The third-order valence-electron chi connectivity index (χ3n) is 4.49.